The summed E-state index contributed by atoms with van der Waals surface area (Å²) in [4.78, 5) is 14.5. The van der Waals surface area contributed by atoms with Gasteiger partial charge in [0.25, 0.3) is 0 Å². The van der Waals surface area contributed by atoms with Gasteiger partial charge < -0.3 is 14.6 Å². The highest BCUT2D eigenvalue weighted by Crippen LogP contribution is 2.40. The van der Waals surface area contributed by atoms with Crippen LogP contribution in [-0.4, -0.2) is 35.2 Å². The first-order valence-corrected chi connectivity index (χ1v) is 13.1. The van der Waals surface area contributed by atoms with Crippen LogP contribution >= 0.6 is 0 Å². The molecule has 1 aliphatic heterocycles. The lowest BCUT2D eigenvalue weighted by Crippen LogP contribution is -2.46. The van der Waals surface area contributed by atoms with Crippen LogP contribution in [0.25, 0.3) is 10.8 Å². The summed E-state index contributed by atoms with van der Waals surface area (Å²) in [6.45, 7) is 3.63. The molecule has 0 bridgehead atoms. The molecule has 0 saturated carbocycles. The molecule has 5 rings (SSSR count). The van der Waals surface area contributed by atoms with E-state index in [0.717, 1.165) is 46.8 Å². The zero-order valence-electron chi connectivity index (χ0n) is 21.2. The van der Waals surface area contributed by atoms with Gasteiger partial charge in [-0.15, -0.1) is 0 Å². The molecule has 2 atom stereocenters. The van der Waals surface area contributed by atoms with Crippen LogP contribution in [0.15, 0.2) is 91.0 Å². The zero-order valence-corrected chi connectivity index (χ0v) is 21.2. The van der Waals surface area contributed by atoms with Crippen molar-refractivity contribution in [2.45, 2.75) is 44.9 Å². The molecular formula is C32H33NO4. The Labute approximate surface area is 218 Å². The average Bonchev–Trinajstić information content (AvgIpc) is 2.94. The number of carboxylic acid groups (broad SMARTS) is 1. The summed E-state index contributed by atoms with van der Waals surface area (Å²) in [5, 5.41) is 12.4. The Hall–Kier alpha value is -3.83. The summed E-state index contributed by atoms with van der Waals surface area (Å²) in [5.74, 6) is 0.586. The number of hydrogen-bond donors (Lipinski definition) is 1. The number of benzene rings is 4. The lowest BCUT2D eigenvalue weighted by Gasteiger charge is -2.40. The number of ether oxygens (including phenoxy) is 2. The van der Waals surface area contributed by atoms with Gasteiger partial charge in [-0.05, 0) is 65.9 Å². The van der Waals surface area contributed by atoms with Crippen LogP contribution in [0.4, 0.5) is 0 Å². The summed E-state index contributed by atoms with van der Waals surface area (Å²) in [5.41, 5.74) is 3.19. The lowest BCUT2D eigenvalue weighted by atomic mass is 9.89. The third-order valence-corrected chi connectivity index (χ3v) is 7.10. The number of fused-ring (bicyclic) bond motifs is 1. The normalized spacial score (nSPS) is 16.8. The van der Waals surface area contributed by atoms with Gasteiger partial charge in [-0.3, -0.25) is 9.69 Å². The molecule has 4 aromatic carbocycles. The summed E-state index contributed by atoms with van der Waals surface area (Å²) in [6.07, 6.45) is 2.54. The number of rotatable bonds is 9. The van der Waals surface area contributed by atoms with E-state index in [1.165, 1.54) is 0 Å². The fourth-order valence-corrected chi connectivity index (χ4v) is 5.38. The number of likely N-dealkylation sites (tertiary alicyclic amines) is 1. The minimum atomic E-state index is -0.766. The van der Waals surface area contributed by atoms with Crippen molar-refractivity contribution in [2.24, 2.45) is 0 Å². The number of piperidine rings is 1. The first-order chi connectivity index (χ1) is 18.2. The summed E-state index contributed by atoms with van der Waals surface area (Å²) in [7, 11) is 0. The van der Waals surface area contributed by atoms with Crippen molar-refractivity contribution < 1.29 is 19.4 Å². The second-order valence-corrected chi connectivity index (χ2v) is 9.47. The fourth-order valence-electron chi connectivity index (χ4n) is 5.38. The molecule has 0 aliphatic carbocycles. The van der Waals surface area contributed by atoms with Crippen LogP contribution in [0.2, 0.25) is 0 Å². The highest BCUT2D eigenvalue weighted by molar-refractivity contribution is 5.86. The van der Waals surface area contributed by atoms with Crippen molar-refractivity contribution in [3.8, 4) is 11.5 Å². The zero-order chi connectivity index (χ0) is 25.6. The topological polar surface area (TPSA) is 59.0 Å². The van der Waals surface area contributed by atoms with Crippen molar-refractivity contribution in [1.82, 2.24) is 4.90 Å². The SMILES string of the molecule is CCOc1cc(C(c2cccc3ccccc23)N2CCCCC2C(=O)O)ccc1OCc1ccccc1. The van der Waals surface area contributed by atoms with Crippen molar-refractivity contribution in [2.75, 3.05) is 13.2 Å². The van der Waals surface area contributed by atoms with Crippen LogP contribution in [0.5, 0.6) is 11.5 Å². The van der Waals surface area contributed by atoms with Crippen LogP contribution in [0, 0.1) is 0 Å². The molecule has 37 heavy (non-hydrogen) atoms. The summed E-state index contributed by atoms with van der Waals surface area (Å²) in [6, 6.07) is 29.9. The van der Waals surface area contributed by atoms with Gasteiger partial charge in [0.15, 0.2) is 11.5 Å². The standard InChI is InChI=1S/C32H33NO4/c1-2-36-30-21-25(18-19-29(30)37-22-23-11-4-3-5-12-23)31(33-20-9-8-17-28(33)32(34)35)27-16-10-14-24-13-6-7-15-26(24)27/h3-7,10-16,18-19,21,28,31H,2,8-9,17,20,22H2,1H3,(H,34,35). The van der Waals surface area contributed by atoms with E-state index in [9.17, 15) is 9.90 Å². The van der Waals surface area contributed by atoms with Crippen LogP contribution in [0.3, 0.4) is 0 Å². The van der Waals surface area contributed by atoms with Crippen LogP contribution < -0.4 is 9.47 Å². The third kappa shape index (κ3) is 5.47. The molecular weight excluding hydrogens is 462 g/mol. The van der Waals surface area contributed by atoms with Gasteiger partial charge in [-0.2, -0.15) is 0 Å². The van der Waals surface area contributed by atoms with Gasteiger partial charge in [-0.25, -0.2) is 0 Å². The minimum Gasteiger partial charge on any atom is -0.490 e. The Morgan fingerprint density at radius 2 is 1.70 bits per heavy atom. The van der Waals surface area contributed by atoms with Gasteiger partial charge in [0, 0.05) is 0 Å². The Balaban J connectivity index is 1.59. The van der Waals surface area contributed by atoms with Gasteiger partial charge >= 0.3 is 5.97 Å². The molecule has 190 valence electrons. The largest absolute Gasteiger partial charge is 0.490 e. The van der Waals surface area contributed by atoms with Crippen LogP contribution in [0.1, 0.15) is 48.9 Å². The molecule has 5 nitrogen and oxygen atoms in total. The molecule has 1 heterocycles. The van der Waals surface area contributed by atoms with Crippen molar-refractivity contribution in [1.29, 1.82) is 0 Å². The van der Waals surface area contributed by atoms with E-state index in [-0.39, 0.29) is 6.04 Å². The molecule has 4 aromatic rings. The van der Waals surface area contributed by atoms with E-state index in [0.29, 0.717) is 31.1 Å². The second kappa shape index (κ2) is 11.5. The third-order valence-electron chi connectivity index (χ3n) is 7.10. The predicted octanol–water partition coefficient (Wildman–Crippen LogP) is 6.85. The predicted molar refractivity (Wildman–Crippen MR) is 146 cm³/mol. The monoisotopic (exact) mass is 495 g/mol. The smallest absolute Gasteiger partial charge is 0.320 e. The maximum atomic E-state index is 12.4. The lowest BCUT2D eigenvalue weighted by molar-refractivity contribution is -0.145. The molecule has 0 radical (unpaired) electrons. The number of hydrogen-bond acceptors (Lipinski definition) is 4. The highest BCUT2D eigenvalue weighted by Gasteiger charge is 2.36. The Kier molecular flexibility index (Phi) is 7.71. The summed E-state index contributed by atoms with van der Waals surface area (Å²) < 4.78 is 12.2. The Bertz CT molecular complexity index is 1350. The molecule has 1 aliphatic rings. The maximum Gasteiger partial charge on any atom is 0.320 e. The molecule has 1 N–H and O–H groups in total. The molecule has 5 heteroatoms. The molecule has 1 saturated heterocycles. The van der Waals surface area contributed by atoms with Gasteiger partial charge in [0.05, 0.1) is 12.6 Å². The Morgan fingerprint density at radius 1 is 0.919 bits per heavy atom. The van der Waals surface area contributed by atoms with E-state index in [1.807, 2.05) is 61.5 Å². The highest BCUT2D eigenvalue weighted by atomic mass is 16.5. The van der Waals surface area contributed by atoms with E-state index in [2.05, 4.69) is 41.3 Å². The quantitative estimate of drug-likeness (QED) is 0.275. The average molecular weight is 496 g/mol. The van der Waals surface area contributed by atoms with Crippen molar-refractivity contribution >= 4 is 16.7 Å². The van der Waals surface area contributed by atoms with Gasteiger partial charge in [-0.1, -0.05) is 85.3 Å². The van der Waals surface area contributed by atoms with E-state index >= 15 is 0 Å². The second-order valence-electron chi connectivity index (χ2n) is 9.47. The van der Waals surface area contributed by atoms with E-state index < -0.39 is 12.0 Å². The first-order valence-electron chi connectivity index (χ1n) is 13.1. The van der Waals surface area contributed by atoms with Crippen molar-refractivity contribution in [3.05, 3.63) is 108 Å². The fraction of sp³-hybridized carbons (Fsp3) is 0.281. The minimum absolute atomic E-state index is 0.227. The molecule has 0 amide bonds. The van der Waals surface area contributed by atoms with E-state index in [1.54, 1.807) is 0 Å². The van der Waals surface area contributed by atoms with Gasteiger partial charge in [0.1, 0.15) is 12.6 Å². The molecule has 0 spiro atoms. The number of aliphatic carboxylic acids is 1. The van der Waals surface area contributed by atoms with E-state index in [4.69, 9.17) is 9.47 Å². The molecule has 0 aromatic heterocycles. The maximum absolute atomic E-state index is 12.4. The Morgan fingerprint density at radius 3 is 2.51 bits per heavy atom. The van der Waals surface area contributed by atoms with Crippen molar-refractivity contribution in [3.63, 3.8) is 0 Å². The number of carboxylic acids is 1. The molecule has 2 unspecified atom stereocenters. The van der Waals surface area contributed by atoms with Gasteiger partial charge in [0.2, 0.25) is 0 Å². The number of nitrogens with zero attached hydrogens (tertiary/aromatic N) is 1. The van der Waals surface area contributed by atoms with Crippen LogP contribution in [-0.2, 0) is 11.4 Å². The molecule has 1 fully saturated rings. The first kappa shape index (κ1) is 24.8. The summed E-state index contributed by atoms with van der Waals surface area (Å²) >= 11 is 0. The number of carbonyl (C=O) groups is 1.